The van der Waals surface area contributed by atoms with E-state index in [-0.39, 0.29) is 23.5 Å². The number of nitrogens with zero attached hydrogens (tertiary/aromatic N) is 3. The molecule has 1 aromatic rings. The van der Waals surface area contributed by atoms with Crippen LogP contribution in [0.2, 0.25) is 0 Å². The van der Waals surface area contributed by atoms with Gasteiger partial charge in [0.15, 0.2) is 9.84 Å². The first-order valence-electron chi connectivity index (χ1n) is 9.03. The van der Waals surface area contributed by atoms with Gasteiger partial charge in [0.1, 0.15) is 0 Å². The van der Waals surface area contributed by atoms with E-state index in [1.807, 2.05) is 29.2 Å². The maximum Gasteiger partial charge on any atom is 0.223 e. The fourth-order valence-corrected chi connectivity index (χ4v) is 5.64. The van der Waals surface area contributed by atoms with Crippen molar-refractivity contribution in [2.75, 3.05) is 38.2 Å². The smallest absolute Gasteiger partial charge is 0.223 e. The van der Waals surface area contributed by atoms with Crippen LogP contribution in [-0.2, 0) is 14.6 Å². The van der Waals surface area contributed by atoms with Gasteiger partial charge in [0, 0.05) is 44.5 Å². The van der Waals surface area contributed by atoms with Gasteiger partial charge in [-0.05, 0) is 49.9 Å². The Bertz CT molecular complexity index is 685. The van der Waals surface area contributed by atoms with E-state index in [9.17, 15) is 13.2 Å². The highest BCUT2D eigenvalue weighted by Gasteiger charge is 2.31. The second-order valence-corrected chi connectivity index (χ2v) is 9.45. The second kappa shape index (κ2) is 7.83. The van der Waals surface area contributed by atoms with Gasteiger partial charge in [-0.1, -0.05) is 0 Å². The summed E-state index contributed by atoms with van der Waals surface area (Å²) in [4.78, 5) is 20.5. The second-order valence-electron chi connectivity index (χ2n) is 7.22. The van der Waals surface area contributed by atoms with Crippen LogP contribution in [0.4, 0.5) is 0 Å². The summed E-state index contributed by atoms with van der Waals surface area (Å²) in [7, 11) is -0.948. The van der Waals surface area contributed by atoms with Crippen molar-refractivity contribution in [2.24, 2.45) is 0 Å². The van der Waals surface area contributed by atoms with Gasteiger partial charge < -0.3 is 9.80 Å². The molecule has 1 amide bonds. The molecule has 0 radical (unpaired) electrons. The van der Waals surface area contributed by atoms with Crippen molar-refractivity contribution in [3.63, 3.8) is 0 Å². The van der Waals surface area contributed by atoms with Crippen molar-refractivity contribution >= 4 is 15.7 Å². The molecule has 2 fully saturated rings. The first-order chi connectivity index (χ1) is 11.9. The summed E-state index contributed by atoms with van der Waals surface area (Å²) in [6.07, 6.45) is 6.79. The lowest BCUT2D eigenvalue weighted by atomic mass is 9.90. The number of hydrogen-bond donors (Lipinski definition) is 0. The lowest BCUT2D eigenvalue weighted by Crippen LogP contribution is -2.40. The number of carbonyl (C=O) groups excluding carboxylic acids is 1. The third-order valence-electron chi connectivity index (χ3n) is 5.54. The summed E-state index contributed by atoms with van der Waals surface area (Å²) in [6.45, 7) is 2.23. The highest BCUT2D eigenvalue weighted by molar-refractivity contribution is 7.91. The SMILES string of the molecule is CN(CCC(=O)N1CCC(c2ccncc2)CC1)[C@@H]1CCS(=O)(=O)C1. The zero-order valence-corrected chi connectivity index (χ0v) is 15.6. The van der Waals surface area contributed by atoms with Gasteiger partial charge in [-0.3, -0.25) is 9.78 Å². The number of amides is 1. The molecule has 7 heteroatoms. The van der Waals surface area contributed by atoms with E-state index >= 15 is 0 Å². The number of aromatic nitrogens is 1. The Balaban J connectivity index is 1.42. The molecule has 138 valence electrons. The summed E-state index contributed by atoms with van der Waals surface area (Å²) in [6, 6.07) is 4.19. The van der Waals surface area contributed by atoms with Gasteiger partial charge in [-0.15, -0.1) is 0 Å². The number of piperidine rings is 1. The highest BCUT2D eigenvalue weighted by atomic mass is 32.2. The average molecular weight is 365 g/mol. The Morgan fingerprint density at radius 3 is 2.52 bits per heavy atom. The van der Waals surface area contributed by atoms with Crippen molar-refractivity contribution in [1.82, 2.24) is 14.8 Å². The van der Waals surface area contributed by atoms with Crippen LogP contribution in [-0.4, -0.2) is 73.3 Å². The number of likely N-dealkylation sites (tertiary alicyclic amines) is 1. The molecule has 3 heterocycles. The zero-order valence-electron chi connectivity index (χ0n) is 14.8. The fourth-order valence-electron chi connectivity index (χ4n) is 3.83. The van der Waals surface area contributed by atoms with E-state index in [0.29, 0.717) is 25.3 Å². The normalized spacial score (nSPS) is 23.9. The molecule has 2 saturated heterocycles. The molecule has 0 N–H and O–H groups in total. The van der Waals surface area contributed by atoms with Gasteiger partial charge in [-0.2, -0.15) is 0 Å². The first-order valence-corrected chi connectivity index (χ1v) is 10.8. The third kappa shape index (κ3) is 4.79. The molecule has 3 rings (SSSR count). The van der Waals surface area contributed by atoms with E-state index in [2.05, 4.69) is 17.1 Å². The van der Waals surface area contributed by atoms with Crippen molar-refractivity contribution in [1.29, 1.82) is 0 Å². The molecule has 0 saturated carbocycles. The summed E-state index contributed by atoms with van der Waals surface area (Å²) in [5, 5.41) is 0. The zero-order chi connectivity index (χ0) is 17.9. The van der Waals surface area contributed by atoms with Crippen LogP contribution in [0.1, 0.15) is 37.2 Å². The Hall–Kier alpha value is -1.47. The Morgan fingerprint density at radius 2 is 1.92 bits per heavy atom. The molecule has 0 aliphatic carbocycles. The van der Waals surface area contributed by atoms with E-state index in [1.54, 1.807) is 0 Å². The molecule has 2 aliphatic heterocycles. The van der Waals surface area contributed by atoms with E-state index in [1.165, 1.54) is 5.56 Å². The average Bonchev–Trinajstić information content (AvgIpc) is 3.00. The molecule has 0 unspecified atom stereocenters. The van der Waals surface area contributed by atoms with Gasteiger partial charge in [0.2, 0.25) is 5.91 Å². The predicted octanol–water partition coefficient (Wildman–Crippen LogP) is 1.30. The largest absolute Gasteiger partial charge is 0.343 e. The van der Waals surface area contributed by atoms with Crippen LogP contribution in [0.15, 0.2) is 24.5 Å². The van der Waals surface area contributed by atoms with Crippen LogP contribution in [0, 0.1) is 0 Å². The summed E-state index contributed by atoms with van der Waals surface area (Å²) in [5.41, 5.74) is 1.31. The maximum atomic E-state index is 12.5. The van der Waals surface area contributed by atoms with Crippen LogP contribution < -0.4 is 0 Å². The quantitative estimate of drug-likeness (QED) is 0.786. The van der Waals surface area contributed by atoms with Crippen molar-refractivity contribution in [3.05, 3.63) is 30.1 Å². The topological polar surface area (TPSA) is 70.6 Å². The minimum atomic E-state index is -2.87. The number of rotatable bonds is 5. The van der Waals surface area contributed by atoms with Gasteiger partial charge in [0.25, 0.3) is 0 Å². The molecule has 0 bridgehead atoms. The molecular weight excluding hydrogens is 338 g/mol. The summed E-state index contributed by atoms with van der Waals surface area (Å²) in [5.74, 6) is 1.20. The van der Waals surface area contributed by atoms with Crippen LogP contribution in [0.3, 0.4) is 0 Å². The molecule has 0 aromatic carbocycles. The van der Waals surface area contributed by atoms with Gasteiger partial charge in [0.05, 0.1) is 11.5 Å². The molecule has 25 heavy (non-hydrogen) atoms. The lowest BCUT2D eigenvalue weighted by Gasteiger charge is -2.33. The first kappa shape index (κ1) is 18.3. The Kier molecular flexibility index (Phi) is 5.74. The van der Waals surface area contributed by atoms with Crippen LogP contribution >= 0.6 is 0 Å². The van der Waals surface area contributed by atoms with Gasteiger partial charge >= 0.3 is 0 Å². The molecule has 6 nitrogen and oxygen atoms in total. The van der Waals surface area contributed by atoms with E-state index in [0.717, 1.165) is 25.9 Å². The standard InChI is InChI=1S/C18H27N3O3S/c1-20(17-7-13-25(23,24)14-17)10-6-18(22)21-11-4-16(5-12-21)15-2-8-19-9-3-15/h2-3,8-9,16-17H,4-7,10-14H2,1H3/t17-/m1/s1. The number of carbonyl (C=O) groups is 1. The number of sulfone groups is 1. The molecular formula is C18H27N3O3S. The van der Waals surface area contributed by atoms with Crippen molar-refractivity contribution in [3.8, 4) is 0 Å². The van der Waals surface area contributed by atoms with Crippen LogP contribution in [0.25, 0.3) is 0 Å². The predicted molar refractivity (Wildman–Crippen MR) is 97.1 cm³/mol. The minimum absolute atomic E-state index is 0.0650. The number of hydrogen-bond acceptors (Lipinski definition) is 5. The lowest BCUT2D eigenvalue weighted by molar-refractivity contribution is -0.132. The molecule has 1 aromatic heterocycles. The number of pyridine rings is 1. The summed E-state index contributed by atoms with van der Waals surface area (Å²) >= 11 is 0. The Labute approximate surface area is 150 Å². The third-order valence-corrected chi connectivity index (χ3v) is 7.29. The summed E-state index contributed by atoms with van der Waals surface area (Å²) < 4.78 is 23.1. The van der Waals surface area contributed by atoms with Crippen LogP contribution in [0.5, 0.6) is 0 Å². The van der Waals surface area contributed by atoms with Gasteiger partial charge in [-0.25, -0.2) is 8.42 Å². The maximum absolute atomic E-state index is 12.5. The molecule has 0 spiro atoms. The van der Waals surface area contributed by atoms with E-state index < -0.39 is 9.84 Å². The fraction of sp³-hybridized carbons (Fsp3) is 0.667. The highest BCUT2D eigenvalue weighted by Crippen LogP contribution is 2.27. The molecule has 2 aliphatic rings. The monoisotopic (exact) mass is 365 g/mol. The minimum Gasteiger partial charge on any atom is -0.343 e. The van der Waals surface area contributed by atoms with E-state index in [4.69, 9.17) is 0 Å². The Morgan fingerprint density at radius 1 is 1.24 bits per heavy atom. The molecule has 1 atom stereocenters. The van der Waals surface area contributed by atoms with Crippen molar-refractivity contribution in [2.45, 2.75) is 37.6 Å². The van der Waals surface area contributed by atoms with Crippen molar-refractivity contribution < 1.29 is 13.2 Å².